The van der Waals surface area contributed by atoms with E-state index in [1.807, 2.05) is 0 Å². The third-order valence-electron chi connectivity index (χ3n) is 4.38. The Morgan fingerprint density at radius 3 is 2.45 bits per heavy atom. The first-order valence-corrected chi connectivity index (χ1v) is 8.32. The first kappa shape index (κ1) is 15.5. The maximum absolute atomic E-state index is 3.72. The van der Waals surface area contributed by atoms with Crippen molar-refractivity contribution in [3.63, 3.8) is 0 Å². The molecule has 1 atom stereocenters. The van der Waals surface area contributed by atoms with Crippen LogP contribution in [0.5, 0.6) is 0 Å². The molecule has 1 saturated heterocycles. The molecule has 2 rings (SSSR count). The molecule has 20 heavy (non-hydrogen) atoms. The zero-order chi connectivity index (χ0) is 14.2. The van der Waals surface area contributed by atoms with Crippen LogP contribution in [-0.2, 0) is 0 Å². The second-order valence-corrected chi connectivity index (χ2v) is 6.08. The monoisotopic (exact) mass is 274 g/mol. The molecule has 2 heteroatoms. The van der Waals surface area contributed by atoms with Gasteiger partial charge >= 0.3 is 0 Å². The van der Waals surface area contributed by atoms with Gasteiger partial charge in [-0.25, -0.2) is 0 Å². The first-order chi connectivity index (χ1) is 9.79. The summed E-state index contributed by atoms with van der Waals surface area (Å²) in [7, 11) is 0. The van der Waals surface area contributed by atoms with Crippen LogP contribution in [0.15, 0.2) is 24.3 Å². The predicted molar refractivity (Wildman–Crippen MR) is 87.1 cm³/mol. The van der Waals surface area contributed by atoms with Gasteiger partial charge in [0.1, 0.15) is 0 Å². The topological polar surface area (TPSA) is 15.3 Å². The second-order valence-electron chi connectivity index (χ2n) is 6.08. The summed E-state index contributed by atoms with van der Waals surface area (Å²) < 4.78 is 0. The lowest BCUT2D eigenvalue weighted by atomic mass is 10.0. The first-order valence-electron chi connectivity index (χ1n) is 8.32. The highest BCUT2D eigenvalue weighted by atomic mass is 15.1. The molecule has 1 aliphatic rings. The van der Waals surface area contributed by atoms with E-state index in [0.717, 1.165) is 13.0 Å². The molecule has 0 spiro atoms. The van der Waals surface area contributed by atoms with E-state index in [0.29, 0.717) is 6.04 Å². The van der Waals surface area contributed by atoms with Crippen LogP contribution in [0.4, 0.5) is 0 Å². The maximum Gasteiger partial charge on any atom is 0.0317 e. The van der Waals surface area contributed by atoms with E-state index in [-0.39, 0.29) is 0 Å². The van der Waals surface area contributed by atoms with Crippen molar-refractivity contribution in [3.8, 4) is 0 Å². The van der Waals surface area contributed by atoms with Crippen LogP contribution in [0.1, 0.15) is 56.2 Å². The van der Waals surface area contributed by atoms with Gasteiger partial charge in [0.05, 0.1) is 0 Å². The largest absolute Gasteiger partial charge is 0.310 e. The molecule has 1 heterocycles. The van der Waals surface area contributed by atoms with Crippen LogP contribution in [0.25, 0.3) is 0 Å². The van der Waals surface area contributed by atoms with Crippen molar-refractivity contribution < 1.29 is 0 Å². The third kappa shape index (κ3) is 4.92. The minimum Gasteiger partial charge on any atom is -0.310 e. The molecule has 0 aromatic heterocycles. The molecule has 0 amide bonds. The fraction of sp³-hybridized carbons (Fsp3) is 0.667. The van der Waals surface area contributed by atoms with Gasteiger partial charge in [0.15, 0.2) is 0 Å². The van der Waals surface area contributed by atoms with Crippen molar-refractivity contribution in [2.45, 2.75) is 52.0 Å². The van der Waals surface area contributed by atoms with Gasteiger partial charge < -0.3 is 10.2 Å². The van der Waals surface area contributed by atoms with Crippen molar-refractivity contribution in [2.24, 2.45) is 0 Å². The summed E-state index contributed by atoms with van der Waals surface area (Å²) >= 11 is 0. The molecule has 0 radical (unpaired) electrons. The van der Waals surface area contributed by atoms with Gasteiger partial charge in [0, 0.05) is 6.04 Å². The number of benzene rings is 1. The van der Waals surface area contributed by atoms with E-state index < -0.39 is 0 Å². The summed E-state index contributed by atoms with van der Waals surface area (Å²) in [5.41, 5.74) is 2.77. The Morgan fingerprint density at radius 1 is 1.10 bits per heavy atom. The maximum atomic E-state index is 3.72. The average molecular weight is 274 g/mol. The van der Waals surface area contributed by atoms with Crippen LogP contribution in [0, 0.1) is 6.92 Å². The number of piperidine rings is 1. The lowest BCUT2D eigenvalue weighted by Crippen LogP contribution is -2.32. The van der Waals surface area contributed by atoms with Crippen LogP contribution in [0.2, 0.25) is 0 Å². The van der Waals surface area contributed by atoms with Crippen LogP contribution >= 0.6 is 0 Å². The molecule has 1 aromatic rings. The SMILES string of the molecule is CCC(NCCCN1CCCCC1)c1ccc(C)cc1. The van der Waals surface area contributed by atoms with Crippen molar-refractivity contribution in [2.75, 3.05) is 26.2 Å². The van der Waals surface area contributed by atoms with E-state index >= 15 is 0 Å². The minimum absolute atomic E-state index is 0.511. The number of hydrogen-bond donors (Lipinski definition) is 1. The number of rotatable bonds is 7. The number of nitrogens with one attached hydrogen (secondary N) is 1. The quantitative estimate of drug-likeness (QED) is 0.758. The summed E-state index contributed by atoms with van der Waals surface area (Å²) in [6.07, 6.45) is 6.65. The molecular weight excluding hydrogens is 244 g/mol. The Kier molecular flexibility index (Phi) is 6.55. The Bertz CT molecular complexity index is 366. The zero-order valence-corrected chi connectivity index (χ0v) is 13.2. The normalized spacial score (nSPS) is 18.1. The van der Waals surface area contributed by atoms with Gasteiger partial charge in [0.2, 0.25) is 0 Å². The highest BCUT2D eigenvalue weighted by Crippen LogP contribution is 2.17. The summed E-state index contributed by atoms with van der Waals surface area (Å²) in [4.78, 5) is 2.62. The molecule has 1 aliphatic heterocycles. The standard InChI is InChI=1S/C18H30N2/c1-3-18(17-10-8-16(2)9-11-17)19-12-7-15-20-13-5-4-6-14-20/h8-11,18-19H,3-7,12-15H2,1-2H3. The molecule has 1 aromatic carbocycles. The molecular formula is C18H30N2. The molecule has 112 valence electrons. The van der Waals surface area contributed by atoms with Crippen LogP contribution < -0.4 is 5.32 Å². The minimum atomic E-state index is 0.511. The van der Waals surface area contributed by atoms with Gasteiger partial charge in [-0.05, 0) is 64.3 Å². The van der Waals surface area contributed by atoms with Gasteiger partial charge in [-0.3, -0.25) is 0 Å². The molecule has 0 saturated carbocycles. The highest BCUT2D eigenvalue weighted by Gasteiger charge is 2.10. The fourth-order valence-electron chi connectivity index (χ4n) is 3.06. The zero-order valence-electron chi connectivity index (χ0n) is 13.2. The third-order valence-corrected chi connectivity index (χ3v) is 4.38. The molecule has 0 aliphatic carbocycles. The fourth-order valence-corrected chi connectivity index (χ4v) is 3.06. The van der Waals surface area contributed by atoms with Gasteiger partial charge in [-0.15, -0.1) is 0 Å². The Hall–Kier alpha value is -0.860. The summed E-state index contributed by atoms with van der Waals surface area (Å²) in [6, 6.07) is 9.47. The van der Waals surface area contributed by atoms with Crippen molar-refractivity contribution in [3.05, 3.63) is 35.4 Å². The number of likely N-dealkylation sites (tertiary alicyclic amines) is 1. The Balaban J connectivity index is 1.69. The smallest absolute Gasteiger partial charge is 0.0317 e. The van der Waals surface area contributed by atoms with Crippen molar-refractivity contribution in [1.29, 1.82) is 0 Å². The van der Waals surface area contributed by atoms with Crippen molar-refractivity contribution in [1.82, 2.24) is 10.2 Å². The van der Waals surface area contributed by atoms with E-state index in [1.54, 1.807) is 0 Å². The lowest BCUT2D eigenvalue weighted by molar-refractivity contribution is 0.224. The number of hydrogen-bond acceptors (Lipinski definition) is 2. The lowest BCUT2D eigenvalue weighted by Gasteiger charge is -2.26. The second kappa shape index (κ2) is 8.43. The molecule has 0 bridgehead atoms. The van der Waals surface area contributed by atoms with E-state index in [2.05, 4.69) is 48.3 Å². The van der Waals surface area contributed by atoms with E-state index in [9.17, 15) is 0 Å². The van der Waals surface area contributed by atoms with Gasteiger partial charge in [-0.2, -0.15) is 0 Å². The molecule has 1 unspecified atom stereocenters. The van der Waals surface area contributed by atoms with Crippen LogP contribution in [-0.4, -0.2) is 31.1 Å². The van der Waals surface area contributed by atoms with Crippen molar-refractivity contribution >= 4 is 0 Å². The predicted octanol–water partition coefficient (Wildman–Crippen LogP) is 3.91. The summed E-state index contributed by atoms with van der Waals surface area (Å²) in [5, 5.41) is 3.72. The van der Waals surface area contributed by atoms with E-state index in [4.69, 9.17) is 0 Å². The van der Waals surface area contributed by atoms with Crippen LogP contribution in [0.3, 0.4) is 0 Å². The van der Waals surface area contributed by atoms with Gasteiger partial charge in [0.25, 0.3) is 0 Å². The Labute approximate surface area is 124 Å². The molecule has 2 nitrogen and oxygen atoms in total. The van der Waals surface area contributed by atoms with Gasteiger partial charge in [-0.1, -0.05) is 43.2 Å². The highest BCUT2D eigenvalue weighted by molar-refractivity contribution is 5.23. The molecule has 1 N–H and O–H groups in total. The average Bonchev–Trinajstić information content (AvgIpc) is 2.50. The summed E-state index contributed by atoms with van der Waals surface area (Å²) in [6.45, 7) is 9.43. The summed E-state index contributed by atoms with van der Waals surface area (Å²) in [5.74, 6) is 0. The molecule has 1 fully saturated rings. The van der Waals surface area contributed by atoms with E-state index in [1.165, 1.54) is 56.4 Å². The number of nitrogens with zero attached hydrogens (tertiary/aromatic N) is 1. The number of aryl methyl sites for hydroxylation is 1. The Morgan fingerprint density at radius 2 is 1.80 bits per heavy atom.